The van der Waals surface area contributed by atoms with E-state index in [-0.39, 0.29) is 12.1 Å². The third-order valence-electron chi connectivity index (χ3n) is 6.00. The van der Waals surface area contributed by atoms with Gasteiger partial charge in [-0.3, -0.25) is 0 Å². The lowest BCUT2D eigenvalue weighted by Gasteiger charge is -2.35. The molecule has 0 aliphatic heterocycles. The van der Waals surface area contributed by atoms with Crippen LogP contribution in [0.15, 0.2) is 60.7 Å². The first-order valence-electron chi connectivity index (χ1n) is 10.3. The van der Waals surface area contributed by atoms with Crippen LogP contribution in [0.1, 0.15) is 42.9 Å². The summed E-state index contributed by atoms with van der Waals surface area (Å²) in [5.41, 5.74) is 2.22. The number of aliphatic hydroxyl groups is 1. The number of hydrogen-bond acceptors (Lipinski definition) is 2. The minimum atomic E-state index is -0.109. The van der Waals surface area contributed by atoms with E-state index in [0.29, 0.717) is 18.4 Å². The molecule has 0 unspecified atom stereocenters. The van der Waals surface area contributed by atoms with Crippen LogP contribution in [-0.2, 0) is 0 Å². The average molecular weight is 381 g/mol. The van der Waals surface area contributed by atoms with E-state index in [2.05, 4.69) is 24.3 Å². The van der Waals surface area contributed by atoms with Gasteiger partial charge in [-0.05, 0) is 48.6 Å². The van der Waals surface area contributed by atoms with Gasteiger partial charge in [-0.1, -0.05) is 60.7 Å². The second-order valence-corrected chi connectivity index (χ2v) is 8.07. The molecule has 2 aromatic rings. The molecule has 2 amide bonds. The molecule has 3 rings (SSSR count). The first-order valence-corrected chi connectivity index (χ1v) is 10.3. The van der Waals surface area contributed by atoms with Crippen LogP contribution in [0, 0.1) is 11.8 Å². The van der Waals surface area contributed by atoms with Crippen LogP contribution in [0.5, 0.6) is 0 Å². The summed E-state index contributed by atoms with van der Waals surface area (Å²) < 4.78 is 0. The Bertz CT molecular complexity index is 687. The van der Waals surface area contributed by atoms with Crippen molar-refractivity contribution in [3.8, 4) is 0 Å². The van der Waals surface area contributed by atoms with Gasteiger partial charge in [-0.15, -0.1) is 0 Å². The molecule has 2 aromatic carbocycles. The Morgan fingerprint density at radius 1 is 0.893 bits per heavy atom. The van der Waals surface area contributed by atoms with E-state index in [1.54, 1.807) is 0 Å². The lowest BCUT2D eigenvalue weighted by atomic mass is 9.82. The van der Waals surface area contributed by atoms with E-state index >= 15 is 0 Å². The Hall–Kier alpha value is -2.33. The third-order valence-corrected chi connectivity index (χ3v) is 6.00. The number of carbonyl (C=O) groups is 1. The highest BCUT2D eigenvalue weighted by molar-refractivity contribution is 5.75. The van der Waals surface area contributed by atoms with Crippen LogP contribution >= 0.6 is 0 Å². The number of amides is 2. The van der Waals surface area contributed by atoms with E-state index < -0.39 is 0 Å². The summed E-state index contributed by atoms with van der Waals surface area (Å²) in [5, 5.41) is 9.33. The fraction of sp³-hybridized carbons (Fsp3) is 0.458. The van der Waals surface area contributed by atoms with Crippen molar-refractivity contribution in [2.24, 2.45) is 11.8 Å². The number of hydrogen-bond donors (Lipinski definition) is 1. The predicted molar refractivity (Wildman–Crippen MR) is 113 cm³/mol. The van der Waals surface area contributed by atoms with Crippen molar-refractivity contribution in [3.05, 3.63) is 71.8 Å². The summed E-state index contributed by atoms with van der Waals surface area (Å²) in [6, 6.07) is 20.3. The van der Waals surface area contributed by atoms with Crippen molar-refractivity contribution in [2.75, 3.05) is 27.2 Å². The van der Waals surface area contributed by atoms with Crippen LogP contribution in [0.3, 0.4) is 0 Å². The van der Waals surface area contributed by atoms with Gasteiger partial charge in [0.15, 0.2) is 0 Å². The largest absolute Gasteiger partial charge is 0.396 e. The number of urea groups is 1. The quantitative estimate of drug-likeness (QED) is 0.798. The molecule has 0 radical (unpaired) electrons. The number of nitrogens with zero attached hydrogens (tertiary/aromatic N) is 2. The molecular weight excluding hydrogens is 348 g/mol. The summed E-state index contributed by atoms with van der Waals surface area (Å²) in [6.07, 6.45) is 4.31. The third kappa shape index (κ3) is 4.93. The molecule has 0 heterocycles. The average Bonchev–Trinajstić information content (AvgIpc) is 2.75. The van der Waals surface area contributed by atoms with Crippen molar-refractivity contribution in [1.29, 1.82) is 0 Å². The standard InChI is InChI=1S/C24H32N2O2/c1-25(17-19-13-15-20(18-27)16-14-19)24(28)26(2)23(21-9-5-3-6-10-21)22-11-7-4-8-12-22/h3-12,19-20,23,27H,13-18H2,1-2H3/t19-,20-. The van der Waals surface area contributed by atoms with Gasteiger partial charge in [0.05, 0.1) is 6.04 Å². The molecule has 1 fully saturated rings. The van der Waals surface area contributed by atoms with Crippen LogP contribution in [0.25, 0.3) is 0 Å². The molecule has 1 saturated carbocycles. The molecular formula is C24H32N2O2. The Morgan fingerprint density at radius 3 is 1.82 bits per heavy atom. The molecule has 1 N–H and O–H groups in total. The maximum Gasteiger partial charge on any atom is 0.320 e. The molecule has 0 spiro atoms. The molecule has 0 atom stereocenters. The van der Waals surface area contributed by atoms with E-state index in [1.807, 2.05) is 60.3 Å². The summed E-state index contributed by atoms with van der Waals surface area (Å²) in [5.74, 6) is 0.970. The summed E-state index contributed by atoms with van der Waals surface area (Å²) in [7, 11) is 3.80. The first-order chi connectivity index (χ1) is 13.6. The maximum atomic E-state index is 13.2. The normalized spacial score (nSPS) is 19.4. The SMILES string of the molecule is CN(C[C@H]1CC[C@H](CO)CC1)C(=O)N(C)C(c1ccccc1)c1ccccc1. The summed E-state index contributed by atoms with van der Waals surface area (Å²) in [6.45, 7) is 1.07. The van der Waals surface area contributed by atoms with E-state index in [4.69, 9.17) is 0 Å². The zero-order chi connectivity index (χ0) is 19.9. The molecule has 1 aliphatic rings. The zero-order valence-corrected chi connectivity index (χ0v) is 17.0. The molecule has 0 saturated heterocycles. The van der Waals surface area contributed by atoms with Crippen LogP contribution in [0.4, 0.5) is 4.79 Å². The molecule has 0 bridgehead atoms. The van der Waals surface area contributed by atoms with Gasteiger partial charge in [0.2, 0.25) is 0 Å². The predicted octanol–water partition coefficient (Wildman–Crippen LogP) is 4.56. The Morgan fingerprint density at radius 2 is 1.36 bits per heavy atom. The second kappa shape index (κ2) is 9.74. The van der Waals surface area contributed by atoms with Crippen molar-refractivity contribution >= 4 is 6.03 Å². The van der Waals surface area contributed by atoms with Crippen molar-refractivity contribution in [1.82, 2.24) is 9.80 Å². The van der Waals surface area contributed by atoms with E-state index in [9.17, 15) is 9.90 Å². The van der Waals surface area contributed by atoms with Gasteiger partial charge < -0.3 is 14.9 Å². The monoisotopic (exact) mass is 380 g/mol. The number of benzene rings is 2. The van der Waals surface area contributed by atoms with E-state index in [1.165, 1.54) is 0 Å². The maximum absolute atomic E-state index is 13.2. The highest BCUT2D eigenvalue weighted by Gasteiger charge is 2.28. The number of carbonyl (C=O) groups excluding carboxylic acids is 1. The van der Waals surface area contributed by atoms with Crippen LogP contribution in [-0.4, -0.2) is 48.2 Å². The van der Waals surface area contributed by atoms with E-state index in [0.717, 1.165) is 43.4 Å². The summed E-state index contributed by atoms with van der Waals surface area (Å²) >= 11 is 0. The van der Waals surface area contributed by atoms with Gasteiger partial charge in [0.1, 0.15) is 0 Å². The Kier molecular flexibility index (Phi) is 7.10. The van der Waals surface area contributed by atoms with Crippen molar-refractivity contribution in [3.63, 3.8) is 0 Å². The lowest BCUT2D eigenvalue weighted by Crippen LogP contribution is -2.43. The first kappa shape index (κ1) is 20.4. The van der Waals surface area contributed by atoms with Gasteiger partial charge in [-0.25, -0.2) is 4.79 Å². The van der Waals surface area contributed by atoms with Crippen LogP contribution < -0.4 is 0 Å². The molecule has 4 nitrogen and oxygen atoms in total. The smallest absolute Gasteiger partial charge is 0.320 e. The second-order valence-electron chi connectivity index (χ2n) is 8.07. The van der Waals surface area contributed by atoms with Crippen molar-refractivity contribution in [2.45, 2.75) is 31.7 Å². The fourth-order valence-corrected chi connectivity index (χ4v) is 4.35. The van der Waals surface area contributed by atoms with Gasteiger partial charge in [-0.2, -0.15) is 0 Å². The van der Waals surface area contributed by atoms with Gasteiger partial charge in [0, 0.05) is 27.2 Å². The Balaban J connectivity index is 1.71. The highest BCUT2D eigenvalue weighted by Crippen LogP contribution is 2.31. The molecule has 4 heteroatoms. The molecule has 150 valence electrons. The van der Waals surface area contributed by atoms with Gasteiger partial charge >= 0.3 is 6.03 Å². The topological polar surface area (TPSA) is 43.8 Å². The van der Waals surface area contributed by atoms with Crippen LogP contribution in [0.2, 0.25) is 0 Å². The molecule has 28 heavy (non-hydrogen) atoms. The Labute approximate surface area is 168 Å². The number of rotatable bonds is 6. The molecule has 0 aromatic heterocycles. The fourth-order valence-electron chi connectivity index (χ4n) is 4.35. The van der Waals surface area contributed by atoms with Crippen molar-refractivity contribution < 1.29 is 9.90 Å². The van der Waals surface area contributed by atoms with Gasteiger partial charge in [0.25, 0.3) is 0 Å². The lowest BCUT2D eigenvalue weighted by molar-refractivity contribution is 0.133. The zero-order valence-electron chi connectivity index (χ0n) is 17.0. The number of aliphatic hydroxyl groups excluding tert-OH is 1. The highest BCUT2D eigenvalue weighted by atomic mass is 16.3. The minimum Gasteiger partial charge on any atom is -0.396 e. The molecule has 1 aliphatic carbocycles. The minimum absolute atomic E-state index is 0.0435. The summed E-state index contributed by atoms with van der Waals surface area (Å²) in [4.78, 5) is 17.0.